The van der Waals surface area contributed by atoms with Gasteiger partial charge >= 0.3 is 0 Å². The van der Waals surface area contributed by atoms with Gasteiger partial charge in [0.05, 0.1) is 11.6 Å². The van der Waals surface area contributed by atoms with Gasteiger partial charge in [-0.1, -0.05) is 0 Å². The van der Waals surface area contributed by atoms with Crippen molar-refractivity contribution in [2.45, 2.75) is 0 Å². The standard InChI is InChI=1S/C17H12N2O3/c18-10-12-1-4-14(5-2-12)19-8-7-15(20)13-3-6-16-17(9-13)22-11-21-16/h1-9,19H,11H2/b8-7+. The summed E-state index contributed by atoms with van der Waals surface area (Å²) in [6.07, 6.45) is 3.00. The molecule has 0 atom stereocenters. The Bertz CT molecular complexity index is 773. The Morgan fingerprint density at radius 1 is 1.14 bits per heavy atom. The van der Waals surface area contributed by atoms with Gasteiger partial charge in [0.2, 0.25) is 6.79 Å². The van der Waals surface area contributed by atoms with Gasteiger partial charge in [-0.15, -0.1) is 0 Å². The molecule has 22 heavy (non-hydrogen) atoms. The molecule has 5 heteroatoms. The highest BCUT2D eigenvalue weighted by atomic mass is 16.7. The second kappa shape index (κ2) is 6.02. The molecule has 0 amide bonds. The minimum absolute atomic E-state index is 0.139. The first-order valence-corrected chi connectivity index (χ1v) is 6.63. The lowest BCUT2D eigenvalue weighted by atomic mass is 10.1. The summed E-state index contributed by atoms with van der Waals surface area (Å²) >= 11 is 0. The monoisotopic (exact) mass is 292 g/mol. The van der Waals surface area contributed by atoms with Crippen molar-refractivity contribution in [2.24, 2.45) is 0 Å². The Labute approximate surface area is 127 Å². The van der Waals surface area contributed by atoms with Gasteiger partial charge in [-0.3, -0.25) is 4.79 Å². The minimum atomic E-state index is -0.139. The molecule has 0 radical (unpaired) electrons. The molecular formula is C17H12N2O3. The van der Waals surface area contributed by atoms with Crippen molar-refractivity contribution in [3.63, 3.8) is 0 Å². The molecule has 108 valence electrons. The summed E-state index contributed by atoms with van der Waals surface area (Å²) in [5.41, 5.74) is 1.92. The molecule has 0 aliphatic carbocycles. The maximum Gasteiger partial charge on any atom is 0.231 e. The van der Waals surface area contributed by atoms with Crippen LogP contribution in [0.2, 0.25) is 0 Å². The predicted molar refractivity (Wildman–Crippen MR) is 80.8 cm³/mol. The molecule has 1 heterocycles. The maximum absolute atomic E-state index is 12.1. The van der Waals surface area contributed by atoms with Gasteiger partial charge in [-0.2, -0.15) is 5.26 Å². The molecule has 0 spiro atoms. The highest BCUT2D eigenvalue weighted by Crippen LogP contribution is 2.32. The Kier molecular flexibility index (Phi) is 3.75. The first-order chi connectivity index (χ1) is 10.8. The van der Waals surface area contributed by atoms with Crippen LogP contribution in [0.3, 0.4) is 0 Å². The number of nitrogens with zero attached hydrogens (tertiary/aromatic N) is 1. The largest absolute Gasteiger partial charge is 0.454 e. The summed E-state index contributed by atoms with van der Waals surface area (Å²) in [4.78, 5) is 12.1. The van der Waals surface area contributed by atoms with Crippen LogP contribution in [0.15, 0.2) is 54.7 Å². The Morgan fingerprint density at radius 2 is 1.91 bits per heavy atom. The average Bonchev–Trinajstić information content (AvgIpc) is 3.03. The van der Waals surface area contributed by atoms with E-state index in [2.05, 4.69) is 5.32 Å². The lowest BCUT2D eigenvalue weighted by Gasteiger charge is -2.01. The van der Waals surface area contributed by atoms with E-state index in [-0.39, 0.29) is 12.6 Å². The molecule has 1 aliphatic rings. The van der Waals surface area contributed by atoms with Crippen LogP contribution in [0.5, 0.6) is 11.5 Å². The van der Waals surface area contributed by atoms with Crippen LogP contribution in [0, 0.1) is 11.3 Å². The number of benzene rings is 2. The molecule has 0 saturated heterocycles. The molecule has 0 unspecified atom stereocenters. The van der Waals surface area contributed by atoms with E-state index >= 15 is 0 Å². The number of carbonyl (C=O) groups excluding carboxylic acids is 1. The topological polar surface area (TPSA) is 71.4 Å². The summed E-state index contributed by atoms with van der Waals surface area (Å²) in [7, 11) is 0. The summed E-state index contributed by atoms with van der Waals surface area (Å²) < 4.78 is 10.4. The molecule has 1 aliphatic heterocycles. The van der Waals surface area contributed by atoms with Crippen LogP contribution in [-0.4, -0.2) is 12.6 Å². The zero-order valence-electron chi connectivity index (χ0n) is 11.6. The minimum Gasteiger partial charge on any atom is -0.454 e. The molecule has 0 saturated carbocycles. The molecular weight excluding hydrogens is 280 g/mol. The van der Waals surface area contributed by atoms with E-state index in [1.54, 1.807) is 48.7 Å². The van der Waals surface area contributed by atoms with Crippen molar-refractivity contribution in [1.29, 1.82) is 5.26 Å². The molecule has 5 nitrogen and oxygen atoms in total. The third-order valence-electron chi connectivity index (χ3n) is 3.16. The summed E-state index contributed by atoms with van der Waals surface area (Å²) in [6.45, 7) is 0.184. The average molecular weight is 292 g/mol. The number of ether oxygens (including phenoxy) is 2. The Hall–Kier alpha value is -3.26. The first-order valence-electron chi connectivity index (χ1n) is 6.63. The van der Waals surface area contributed by atoms with Gasteiger partial charge in [0.1, 0.15) is 0 Å². The Morgan fingerprint density at radius 3 is 2.68 bits per heavy atom. The van der Waals surface area contributed by atoms with Crippen molar-refractivity contribution < 1.29 is 14.3 Å². The zero-order chi connectivity index (χ0) is 15.4. The smallest absolute Gasteiger partial charge is 0.231 e. The van der Waals surface area contributed by atoms with E-state index in [1.165, 1.54) is 6.08 Å². The van der Waals surface area contributed by atoms with Crippen LogP contribution in [0.4, 0.5) is 5.69 Å². The van der Waals surface area contributed by atoms with E-state index < -0.39 is 0 Å². The number of nitrogens with one attached hydrogen (secondary N) is 1. The van der Waals surface area contributed by atoms with Crippen LogP contribution in [0.1, 0.15) is 15.9 Å². The van der Waals surface area contributed by atoms with Gasteiger partial charge < -0.3 is 14.8 Å². The second-order valence-electron chi connectivity index (χ2n) is 4.60. The fourth-order valence-electron chi connectivity index (χ4n) is 2.00. The third kappa shape index (κ3) is 2.91. The fourth-order valence-corrected chi connectivity index (χ4v) is 2.00. The quantitative estimate of drug-likeness (QED) is 0.692. The van der Waals surface area contributed by atoms with Crippen molar-refractivity contribution in [2.75, 3.05) is 12.1 Å². The molecule has 0 fully saturated rings. The van der Waals surface area contributed by atoms with Gasteiger partial charge in [-0.25, -0.2) is 0 Å². The van der Waals surface area contributed by atoms with Crippen molar-refractivity contribution >= 4 is 11.5 Å². The van der Waals surface area contributed by atoms with Gasteiger partial charge in [0, 0.05) is 23.5 Å². The number of fused-ring (bicyclic) bond motifs is 1. The van der Waals surface area contributed by atoms with Crippen molar-refractivity contribution in [3.8, 4) is 17.6 Å². The molecule has 0 aromatic heterocycles. The molecule has 3 rings (SSSR count). The number of hydrogen-bond acceptors (Lipinski definition) is 5. The maximum atomic E-state index is 12.1. The predicted octanol–water partition coefficient (Wildman–Crippen LogP) is 3.10. The zero-order valence-corrected chi connectivity index (χ0v) is 11.6. The van der Waals surface area contributed by atoms with Crippen LogP contribution < -0.4 is 14.8 Å². The highest BCUT2D eigenvalue weighted by molar-refractivity contribution is 6.05. The summed E-state index contributed by atoms with van der Waals surface area (Å²) in [6, 6.07) is 14.1. The second-order valence-corrected chi connectivity index (χ2v) is 4.60. The van der Waals surface area contributed by atoms with Crippen molar-refractivity contribution in [1.82, 2.24) is 0 Å². The van der Waals surface area contributed by atoms with Crippen LogP contribution >= 0.6 is 0 Å². The van der Waals surface area contributed by atoms with E-state index in [9.17, 15) is 4.79 Å². The summed E-state index contributed by atoms with van der Waals surface area (Å²) in [5.74, 6) is 1.09. The van der Waals surface area contributed by atoms with Gasteiger partial charge in [0.25, 0.3) is 0 Å². The number of allylic oxidation sites excluding steroid dienone is 1. The molecule has 2 aromatic carbocycles. The molecule has 0 bridgehead atoms. The van der Waals surface area contributed by atoms with E-state index in [0.717, 1.165) is 5.69 Å². The number of carbonyl (C=O) groups is 1. The third-order valence-corrected chi connectivity index (χ3v) is 3.16. The lowest BCUT2D eigenvalue weighted by Crippen LogP contribution is -1.96. The lowest BCUT2D eigenvalue weighted by molar-refractivity contribution is 0.104. The fraction of sp³-hybridized carbons (Fsp3) is 0.0588. The number of anilines is 1. The number of rotatable bonds is 4. The van der Waals surface area contributed by atoms with E-state index in [1.807, 2.05) is 6.07 Å². The van der Waals surface area contributed by atoms with Crippen molar-refractivity contribution in [3.05, 3.63) is 65.9 Å². The van der Waals surface area contributed by atoms with E-state index in [4.69, 9.17) is 14.7 Å². The Balaban J connectivity index is 1.64. The van der Waals surface area contributed by atoms with Crippen LogP contribution in [0.25, 0.3) is 0 Å². The number of ketones is 1. The number of nitriles is 1. The summed E-state index contributed by atoms with van der Waals surface area (Å²) in [5, 5.41) is 11.7. The van der Waals surface area contributed by atoms with Gasteiger partial charge in [-0.05, 0) is 42.5 Å². The normalized spacial score (nSPS) is 12.1. The van der Waals surface area contributed by atoms with E-state index in [0.29, 0.717) is 22.6 Å². The van der Waals surface area contributed by atoms with Crippen LogP contribution in [-0.2, 0) is 0 Å². The van der Waals surface area contributed by atoms with Gasteiger partial charge in [0.15, 0.2) is 17.3 Å². The number of hydrogen-bond donors (Lipinski definition) is 1. The first kappa shape index (κ1) is 13.7. The molecule has 2 aromatic rings. The SMILES string of the molecule is N#Cc1ccc(N/C=C/C(=O)c2ccc3c(c2)OCO3)cc1. The molecule has 1 N–H and O–H groups in total. The highest BCUT2D eigenvalue weighted by Gasteiger charge is 2.14.